The van der Waals surface area contributed by atoms with E-state index >= 15 is 0 Å². The Kier molecular flexibility index (Phi) is 6.33. The minimum atomic E-state index is -3.96. The van der Waals surface area contributed by atoms with Crippen LogP contribution >= 0.6 is 0 Å². The van der Waals surface area contributed by atoms with Crippen LogP contribution < -0.4 is 4.72 Å². The molecule has 8 heteroatoms. The summed E-state index contributed by atoms with van der Waals surface area (Å²) in [5.74, 6) is -0.798. The molecule has 0 saturated carbocycles. The summed E-state index contributed by atoms with van der Waals surface area (Å²) in [4.78, 5) is 12.2. The van der Waals surface area contributed by atoms with Crippen molar-refractivity contribution in [3.05, 3.63) is 59.7 Å². The molecule has 0 spiro atoms. The maximum Gasteiger partial charge on any atom is 0.325 e. The monoisotopic (exact) mass is 374 g/mol. The molecule has 2 aromatic rings. The van der Waals surface area contributed by atoms with Gasteiger partial charge in [-0.2, -0.15) is 9.98 Å². The van der Waals surface area contributed by atoms with Crippen LogP contribution in [0.25, 0.3) is 0 Å². The van der Waals surface area contributed by atoms with Gasteiger partial charge in [0.1, 0.15) is 17.9 Å². The number of rotatable bonds is 7. The fraction of sp³-hybridized carbons (Fsp3) is 0.222. The van der Waals surface area contributed by atoms with Crippen molar-refractivity contribution in [1.82, 2.24) is 4.72 Å². The standard InChI is InChI=1S/C18H18N2O5S/c1-13-2-8-16(9-3-13)26(23,24)20-17(18(22)25-11-10-19)12-14-4-6-15(21)7-5-14/h2-9,17,20-21H,11-12H2,1H3/t17-/m0/s1. The number of carbonyl (C=O) groups is 1. The quantitative estimate of drug-likeness (QED) is 0.712. The number of phenols is 1. The van der Waals surface area contributed by atoms with Crippen LogP contribution in [0.15, 0.2) is 53.4 Å². The normalized spacial score (nSPS) is 12.2. The van der Waals surface area contributed by atoms with Crippen LogP contribution in [0.4, 0.5) is 0 Å². The van der Waals surface area contributed by atoms with E-state index in [0.29, 0.717) is 5.56 Å². The predicted molar refractivity (Wildman–Crippen MR) is 93.7 cm³/mol. The molecule has 0 unspecified atom stereocenters. The molecule has 0 aliphatic heterocycles. The van der Waals surface area contributed by atoms with Gasteiger partial charge in [-0.15, -0.1) is 0 Å². The zero-order chi connectivity index (χ0) is 19.2. The van der Waals surface area contributed by atoms with Crippen molar-refractivity contribution in [3.8, 4) is 11.8 Å². The Morgan fingerprint density at radius 2 is 1.81 bits per heavy atom. The Bertz CT molecular complexity index is 900. The number of esters is 1. The molecule has 0 heterocycles. The highest BCUT2D eigenvalue weighted by Crippen LogP contribution is 2.15. The number of nitrogens with one attached hydrogen (secondary N) is 1. The number of hydrogen-bond acceptors (Lipinski definition) is 6. The lowest BCUT2D eigenvalue weighted by atomic mass is 10.1. The molecule has 0 fully saturated rings. The lowest BCUT2D eigenvalue weighted by Gasteiger charge is -2.17. The molecule has 0 bridgehead atoms. The summed E-state index contributed by atoms with van der Waals surface area (Å²) >= 11 is 0. The maximum atomic E-state index is 12.6. The zero-order valence-corrected chi connectivity index (χ0v) is 14.9. The van der Waals surface area contributed by atoms with Crippen molar-refractivity contribution in [1.29, 1.82) is 5.26 Å². The molecule has 2 rings (SSSR count). The molecule has 136 valence electrons. The van der Waals surface area contributed by atoms with Gasteiger partial charge in [0.2, 0.25) is 10.0 Å². The fourth-order valence-electron chi connectivity index (χ4n) is 2.22. The molecular weight excluding hydrogens is 356 g/mol. The summed E-state index contributed by atoms with van der Waals surface area (Å²) < 4.78 is 32.2. The van der Waals surface area contributed by atoms with Crippen molar-refractivity contribution >= 4 is 16.0 Å². The fourth-order valence-corrected chi connectivity index (χ4v) is 3.40. The number of phenolic OH excluding ortho intramolecular Hbond substituents is 1. The summed E-state index contributed by atoms with van der Waals surface area (Å²) in [7, 11) is -3.96. The highest BCUT2D eigenvalue weighted by atomic mass is 32.2. The number of hydrogen-bond donors (Lipinski definition) is 2. The Morgan fingerprint density at radius 1 is 1.19 bits per heavy atom. The first kappa shape index (κ1) is 19.4. The largest absolute Gasteiger partial charge is 0.508 e. The molecule has 26 heavy (non-hydrogen) atoms. The number of carbonyl (C=O) groups excluding carboxylic acids is 1. The van der Waals surface area contributed by atoms with E-state index in [4.69, 9.17) is 10.00 Å². The molecule has 7 nitrogen and oxygen atoms in total. The second-order valence-electron chi connectivity index (χ2n) is 5.62. The Labute approximate surface area is 151 Å². The smallest absolute Gasteiger partial charge is 0.325 e. The first-order chi connectivity index (χ1) is 12.3. The maximum absolute atomic E-state index is 12.6. The van der Waals surface area contributed by atoms with Crippen molar-refractivity contribution in [2.24, 2.45) is 0 Å². The number of ether oxygens (including phenoxy) is 1. The van der Waals surface area contributed by atoms with Crippen LogP contribution in [0.3, 0.4) is 0 Å². The number of sulfonamides is 1. The number of nitrogens with zero attached hydrogens (tertiary/aromatic N) is 1. The second-order valence-corrected chi connectivity index (χ2v) is 7.34. The number of aromatic hydroxyl groups is 1. The molecule has 0 saturated heterocycles. The van der Waals surface area contributed by atoms with Crippen molar-refractivity contribution in [2.75, 3.05) is 6.61 Å². The van der Waals surface area contributed by atoms with Gasteiger partial charge in [-0.25, -0.2) is 8.42 Å². The third-order valence-corrected chi connectivity index (χ3v) is 5.06. The summed E-state index contributed by atoms with van der Waals surface area (Å²) in [6.45, 7) is 1.36. The lowest BCUT2D eigenvalue weighted by Crippen LogP contribution is -2.43. The van der Waals surface area contributed by atoms with Gasteiger partial charge in [0, 0.05) is 0 Å². The average molecular weight is 374 g/mol. The molecule has 0 aliphatic carbocycles. The van der Waals surface area contributed by atoms with Gasteiger partial charge in [-0.3, -0.25) is 4.79 Å². The van der Waals surface area contributed by atoms with Gasteiger partial charge in [0.15, 0.2) is 6.61 Å². The number of aryl methyl sites for hydroxylation is 1. The predicted octanol–water partition coefficient (Wildman–Crippen LogP) is 1.66. The summed E-state index contributed by atoms with van der Waals surface area (Å²) in [6.07, 6.45) is 0.00956. The molecule has 0 amide bonds. The third kappa shape index (κ3) is 5.31. The van der Waals surface area contributed by atoms with Gasteiger partial charge in [0.05, 0.1) is 4.90 Å². The Morgan fingerprint density at radius 3 is 2.38 bits per heavy atom. The van der Waals surface area contributed by atoms with E-state index in [1.807, 2.05) is 6.92 Å². The number of nitriles is 1. The minimum absolute atomic E-state index is 0.00956. The van der Waals surface area contributed by atoms with Gasteiger partial charge < -0.3 is 9.84 Å². The van der Waals surface area contributed by atoms with Gasteiger partial charge in [-0.05, 0) is 43.2 Å². The van der Waals surface area contributed by atoms with Crippen LogP contribution in [0.5, 0.6) is 5.75 Å². The van der Waals surface area contributed by atoms with E-state index in [1.54, 1.807) is 30.3 Å². The molecule has 1 atom stereocenters. The van der Waals surface area contributed by atoms with Crippen LogP contribution in [0.2, 0.25) is 0 Å². The molecule has 2 N–H and O–H groups in total. The van der Waals surface area contributed by atoms with Gasteiger partial charge >= 0.3 is 5.97 Å². The van der Waals surface area contributed by atoms with Crippen molar-refractivity contribution in [2.45, 2.75) is 24.3 Å². The first-order valence-corrected chi connectivity index (χ1v) is 9.20. The molecular formula is C18H18N2O5S. The third-order valence-electron chi connectivity index (χ3n) is 3.57. The average Bonchev–Trinajstić information content (AvgIpc) is 2.61. The first-order valence-electron chi connectivity index (χ1n) is 7.72. The number of benzene rings is 2. The highest BCUT2D eigenvalue weighted by molar-refractivity contribution is 7.89. The molecule has 0 aromatic heterocycles. The van der Waals surface area contributed by atoms with Crippen LogP contribution in [0.1, 0.15) is 11.1 Å². The van der Waals surface area contributed by atoms with Crippen molar-refractivity contribution in [3.63, 3.8) is 0 Å². The molecule has 2 aromatic carbocycles. The van der Waals surface area contributed by atoms with E-state index in [0.717, 1.165) is 5.56 Å². The van der Waals surface area contributed by atoms with E-state index in [2.05, 4.69) is 4.72 Å². The van der Waals surface area contributed by atoms with E-state index < -0.39 is 28.6 Å². The molecule has 0 aliphatic rings. The summed E-state index contributed by atoms with van der Waals surface area (Å²) in [5.41, 5.74) is 1.52. The SMILES string of the molecule is Cc1ccc(S(=O)(=O)N[C@@H](Cc2ccc(O)cc2)C(=O)OCC#N)cc1. The van der Waals surface area contributed by atoms with E-state index in [-0.39, 0.29) is 17.1 Å². The lowest BCUT2D eigenvalue weighted by molar-refractivity contribution is -0.144. The van der Waals surface area contributed by atoms with Gasteiger partial charge in [0.25, 0.3) is 0 Å². The van der Waals surface area contributed by atoms with Crippen molar-refractivity contribution < 1.29 is 23.1 Å². The molecule has 0 radical (unpaired) electrons. The zero-order valence-electron chi connectivity index (χ0n) is 14.0. The Hall–Kier alpha value is -2.89. The second kappa shape index (κ2) is 8.47. The minimum Gasteiger partial charge on any atom is -0.508 e. The Balaban J connectivity index is 2.24. The topological polar surface area (TPSA) is 116 Å². The summed E-state index contributed by atoms with van der Waals surface area (Å²) in [6, 6.07) is 12.6. The summed E-state index contributed by atoms with van der Waals surface area (Å²) in [5, 5.41) is 17.9. The van der Waals surface area contributed by atoms with Crippen LogP contribution in [-0.2, 0) is 26.0 Å². The van der Waals surface area contributed by atoms with E-state index in [9.17, 15) is 18.3 Å². The van der Waals surface area contributed by atoms with Crippen LogP contribution in [-0.4, -0.2) is 32.1 Å². The van der Waals surface area contributed by atoms with E-state index in [1.165, 1.54) is 24.3 Å². The highest BCUT2D eigenvalue weighted by Gasteiger charge is 2.27. The van der Waals surface area contributed by atoms with Crippen LogP contribution in [0, 0.1) is 18.3 Å². The van der Waals surface area contributed by atoms with Gasteiger partial charge in [-0.1, -0.05) is 29.8 Å².